The number of hydrogen-bond acceptors (Lipinski definition) is 4. The zero-order chi connectivity index (χ0) is 13.8. The van der Waals surface area contributed by atoms with E-state index in [9.17, 15) is 13.2 Å². The second-order valence-electron chi connectivity index (χ2n) is 4.07. The van der Waals surface area contributed by atoms with Crippen LogP contribution in [0.5, 0.6) is 0 Å². The highest BCUT2D eigenvalue weighted by Gasteiger charge is 2.15. The third-order valence-corrected chi connectivity index (χ3v) is 3.52. The quantitative estimate of drug-likeness (QED) is 0.731. The van der Waals surface area contributed by atoms with Gasteiger partial charge in [-0.2, -0.15) is 0 Å². The van der Waals surface area contributed by atoms with Crippen LogP contribution in [0, 0.1) is 6.92 Å². The summed E-state index contributed by atoms with van der Waals surface area (Å²) in [5, 5.41) is 1.45. The maximum absolute atomic E-state index is 11.8. The zero-order valence-electron chi connectivity index (χ0n) is 10.6. The first-order valence-corrected chi connectivity index (χ1v) is 6.83. The summed E-state index contributed by atoms with van der Waals surface area (Å²) in [6.45, 7) is 1.57. The van der Waals surface area contributed by atoms with Gasteiger partial charge in [-0.1, -0.05) is 17.7 Å². The highest BCUT2D eigenvalue weighted by atomic mass is 32.2. The molecule has 6 nitrogen and oxygen atoms in total. The Kier molecular flexibility index (Phi) is 4.83. The van der Waals surface area contributed by atoms with Crippen molar-refractivity contribution in [3.63, 3.8) is 0 Å². The minimum atomic E-state index is -3.64. The largest absolute Gasteiger partial charge is 0.288 e. The van der Waals surface area contributed by atoms with Gasteiger partial charge in [0.25, 0.3) is 0 Å². The fourth-order valence-corrected chi connectivity index (χ4v) is 2.23. The lowest BCUT2D eigenvalue weighted by atomic mass is 10.2. The van der Waals surface area contributed by atoms with Gasteiger partial charge in [0, 0.05) is 14.1 Å². The molecule has 0 aliphatic rings. The van der Waals surface area contributed by atoms with E-state index in [-0.39, 0.29) is 11.4 Å². The molecule has 0 aliphatic carbocycles. The molecule has 0 radical (unpaired) electrons. The smallest absolute Gasteiger partial charge is 0.249 e. The average Bonchev–Trinajstić information content (AvgIpc) is 2.26. The zero-order valence-corrected chi connectivity index (χ0v) is 11.4. The molecule has 7 heteroatoms. The van der Waals surface area contributed by atoms with Crippen molar-refractivity contribution in [2.45, 2.75) is 11.8 Å². The predicted octanol–water partition coefficient (Wildman–Crippen LogP) is -0.134. The Bertz CT molecular complexity index is 509. The lowest BCUT2D eigenvalue weighted by Crippen LogP contribution is -2.42. The third-order valence-electron chi connectivity index (χ3n) is 2.10. The molecule has 0 aromatic heterocycles. The molecule has 18 heavy (non-hydrogen) atoms. The van der Waals surface area contributed by atoms with Crippen molar-refractivity contribution < 1.29 is 13.2 Å². The van der Waals surface area contributed by atoms with Crippen molar-refractivity contribution in [1.29, 1.82) is 0 Å². The van der Waals surface area contributed by atoms with Crippen LogP contribution in [-0.4, -0.2) is 40.0 Å². The van der Waals surface area contributed by atoms with Crippen molar-refractivity contribution in [3.8, 4) is 0 Å². The van der Waals surface area contributed by atoms with Crippen molar-refractivity contribution in [1.82, 2.24) is 15.2 Å². The molecule has 2 N–H and O–H groups in total. The van der Waals surface area contributed by atoms with Gasteiger partial charge in [0.05, 0.1) is 11.4 Å². The molecule has 0 aliphatic heterocycles. The molecule has 1 rings (SSSR count). The van der Waals surface area contributed by atoms with Gasteiger partial charge in [0.15, 0.2) is 0 Å². The molecule has 0 spiro atoms. The number of nitrogens with zero attached hydrogens (tertiary/aromatic N) is 1. The summed E-state index contributed by atoms with van der Waals surface area (Å²) < 4.78 is 25.9. The van der Waals surface area contributed by atoms with Gasteiger partial charge in [-0.15, -0.1) is 0 Å². The summed E-state index contributed by atoms with van der Waals surface area (Å²) in [6.07, 6.45) is 0. The molecule has 0 heterocycles. The molecule has 0 saturated heterocycles. The van der Waals surface area contributed by atoms with Crippen molar-refractivity contribution in [2.24, 2.45) is 0 Å². The fourth-order valence-electron chi connectivity index (χ4n) is 1.25. The molecule has 1 aromatic rings. The number of amides is 1. The highest BCUT2D eigenvalue weighted by Crippen LogP contribution is 2.09. The standard InChI is InChI=1S/C11H17N3O3S/c1-9-4-6-10(7-5-9)18(16,17)12-8-11(15)13-14(2)3/h4-7,12H,8H2,1-3H3,(H,13,15). The Hall–Kier alpha value is -1.44. The van der Waals surface area contributed by atoms with Crippen molar-refractivity contribution >= 4 is 15.9 Å². The third kappa shape index (κ3) is 4.44. The maximum atomic E-state index is 11.8. The number of sulfonamides is 1. The van der Waals surface area contributed by atoms with Crippen molar-refractivity contribution in [3.05, 3.63) is 29.8 Å². The molecule has 0 fully saturated rings. The monoisotopic (exact) mass is 271 g/mol. The molecule has 1 amide bonds. The number of hydrazine groups is 1. The van der Waals surface area contributed by atoms with Crippen LogP contribution in [0.1, 0.15) is 5.56 Å². The molecular formula is C11H17N3O3S. The average molecular weight is 271 g/mol. The summed E-state index contributed by atoms with van der Waals surface area (Å²) >= 11 is 0. The summed E-state index contributed by atoms with van der Waals surface area (Å²) in [4.78, 5) is 11.5. The maximum Gasteiger partial charge on any atom is 0.249 e. The van der Waals surface area contributed by atoms with Gasteiger partial charge in [-0.05, 0) is 19.1 Å². The van der Waals surface area contributed by atoms with Crippen LogP contribution in [-0.2, 0) is 14.8 Å². The van der Waals surface area contributed by atoms with E-state index in [0.717, 1.165) is 5.56 Å². The molecule has 100 valence electrons. The Morgan fingerprint density at radius 2 is 1.78 bits per heavy atom. The summed E-state index contributed by atoms with van der Waals surface area (Å²) in [6, 6.07) is 6.41. The SMILES string of the molecule is Cc1ccc(S(=O)(=O)NCC(=O)NN(C)C)cc1. The first-order chi connectivity index (χ1) is 8.31. The normalized spacial score (nSPS) is 11.6. The van der Waals surface area contributed by atoms with E-state index in [1.807, 2.05) is 6.92 Å². The minimum Gasteiger partial charge on any atom is -0.288 e. The number of rotatable bonds is 5. The lowest BCUT2D eigenvalue weighted by Gasteiger charge is -2.12. The lowest BCUT2D eigenvalue weighted by molar-refractivity contribution is -0.123. The number of aryl methyl sites for hydroxylation is 1. The Labute approximate surface area is 107 Å². The summed E-state index contributed by atoms with van der Waals surface area (Å²) in [5.41, 5.74) is 3.41. The van der Waals surface area contributed by atoms with Crippen LogP contribution >= 0.6 is 0 Å². The van der Waals surface area contributed by atoms with E-state index in [2.05, 4.69) is 10.1 Å². The summed E-state index contributed by atoms with van der Waals surface area (Å²) in [5.74, 6) is -0.421. The molecule has 0 saturated carbocycles. The van der Waals surface area contributed by atoms with Crippen LogP contribution in [0.2, 0.25) is 0 Å². The van der Waals surface area contributed by atoms with E-state index in [0.29, 0.717) is 0 Å². The van der Waals surface area contributed by atoms with Gasteiger partial charge in [-0.3, -0.25) is 10.2 Å². The van der Waals surface area contributed by atoms with E-state index in [1.54, 1.807) is 26.2 Å². The predicted molar refractivity (Wildman–Crippen MR) is 68.2 cm³/mol. The van der Waals surface area contributed by atoms with Gasteiger partial charge in [0.2, 0.25) is 15.9 Å². The number of hydrogen-bond donors (Lipinski definition) is 2. The number of benzene rings is 1. The van der Waals surface area contributed by atoms with E-state index in [1.165, 1.54) is 17.1 Å². The minimum absolute atomic E-state index is 0.144. The Balaban J connectivity index is 2.66. The van der Waals surface area contributed by atoms with Crippen LogP contribution in [0.3, 0.4) is 0 Å². The molecule has 0 bridgehead atoms. The van der Waals surface area contributed by atoms with Crippen LogP contribution < -0.4 is 10.1 Å². The molecule has 1 aromatic carbocycles. The first-order valence-electron chi connectivity index (χ1n) is 5.34. The topological polar surface area (TPSA) is 78.5 Å². The highest BCUT2D eigenvalue weighted by molar-refractivity contribution is 7.89. The van der Waals surface area contributed by atoms with Gasteiger partial charge in [0.1, 0.15) is 0 Å². The van der Waals surface area contributed by atoms with Crippen LogP contribution in [0.4, 0.5) is 0 Å². The van der Waals surface area contributed by atoms with Gasteiger partial charge >= 0.3 is 0 Å². The van der Waals surface area contributed by atoms with Gasteiger partial charge < -0.3 is 0 Å². The molecular weight excluding hydrogens is 254 g/mol. The Morgan fingerprint density at radius 1 is 1.22 bits per heavy atom. The second-order valence-corrected chi connectivity index (χ2v) is 5.83. The van der Waals surface area contributed by atoms with Crippen LogP contribution in [0.25, 0.3) is 0 Å². The van der Waals surface area contributed by atoms with E-state index in [4.69, 9.17) is 0 Å². The van der Waals surface area contributed by atoms with Crippen LogP contribution in [0.15, 0.2) is 29.2 Å². The first kappa shape index (κ1) is 14.6. The molecule has 0 unspecified atom stereocenters. The fraction of sp³-hybridized carbons (Fsp3) is 0.364. The number of carbonyl (C=O) groups excluding carboxylic acids is 1. The second kappa shape index (κ2) is 5.94. The number of carbonyl (C=O) groups is 1. The van der Waals surface area contributed by atoms with Crippen molar-refractivity contribution in [2.75, 3.05) is 20.6 Å². The van der Waals surface area contributed by atoms with E-state index >= 15 is 0 Å². The van der Waals surface area contributed by atoms with Gasteiger partial charge in [-0.25, -0.2) is 18.1 Å². The van der Waals surface area contributed by atoms with E-state index < -0.39 is 15.9 Å². The number of nitrogens with one attached hydrogen (secondary N) is 2. The Morgan fingerprint density at radius 3 is 2.28 bits per heavy atom. The summed E-state index contributed by atoms with van der Waals surface area (Å²) in [7, 11) is -0.347. The molecule has 0 atom stereocenters.